The van der Waals surface area contributed by atoms with Gasteiger partial charge in [-0.1, -0.05) is 76.2 Å². The van der Waals surface area contributed by atoms with Crippen molar-refractivity contribution in [3.63, 3.8) is 0 Å². The predicted molar refractivity (Wildman–Crippen MR) is 214 cm³/mol. The first-order chi connectivity index (χ1) is 24.7. The molecule has 2 aliphatic heterocycles. The standard InChI is InChI=1S/C22H31NO3.C14H24O4.C8H9N/c1-16(2)14-17(15-21(25)26-22(3,4)5)10-11-20(24)23-13-12-18-8-6-7-9-19(18)23;1-10(2)8-11(6-7-12(15)16)9-13(17)18-14(3,4)5;1-2-4-8-7(3-1)5-6-9-8/h6-11,16-17H,12-15H2,1-5H3;6-7,10-11H,8-9H2,1-5H3,(H,15,16);1-4,9H,5-6H2/b11-10+;7-6+;/t17-;11-;/m11./s1. The molecule has 2 aromatic carbocycles. The molecule has 0 saturated heterocycles. The van der Waals surface area contributed by atoms with Crippen LogP contribution in [0.5, 0.6) is 0 Å². The molecule has 53 heavy (non-hydrogen) atoms. The van der Waals surface area contributed by atoms with Crippen molar-refractivity contribution < 1.29 is 33.8 Å². The van der Waals surface area contributed by atoms with E-state index in [-0.39, 0.29) is 36.1 Å². The van der Waals surface area contributed by atoms with Gasteiger partial charge in [-0.3, -0.25) is 14.4 Å². The topological polar surface area (TPSA) is 122 Å². The minimum Gasteiger partial charge on any atom is -0.478 e. The third kappa shape index (κ3) is 18.8. The van der Waals surface area contributed by atoms with Gasteiger partial charge in [-0.15, -0.1) is 0 Å². The number of allylic oxidation sites excluding steroid dienone is 2. The molecule has 1 amide bonds. The number of esters is 2. The van der Waals surface area contributed by atoms with Crippen LogP contribution in [0.1, 0.15) is 106 Å². The van der Waals surface area contributed by atoms with Gasteiger partial charge in [-0.05, 0) is 120 Å². The summed E-state index contributed by atoms with van der Waals surface area (Å²) < 4.78 is 10.7. The van der Waals surface area contributed by atoms with Crippen molar-refractivity contribution >= 4 is 35.2 Å². The van der Waals surface area contributed by atoms with E-state index in [1.54, 1.807) is 12.2 Å². The fourth-order valence-electron chi connectivity index (χ4n) is 6.20. The number of benzene rings is 2. The van der Waals surface area contributed by atoms with E-state index in [2.05, 4.69) is 49.5 Å². The van der Waals surface area contributed by atoms with Crippen LogP contribution in [0.25, 0.3) is 0 Å². The maximum atomic E-state index is 12.6. The van der Waals surface area contributed by atoms with E-state index < -0.39 is 17.2 Å². The van der Waals surface area contributed by atoms with Gasteiger partial charge < -0.3 is 24.8 Å². The minimum atomic E-state index is -0.993. The maximum Gasteiger partial charge on any atom is 0.327 e. The summed E-state index contributed by atoms with van der Waals surface area (Å²) in [5.74, 6) is -0.760. The number of anilines is 2. The highest BCUT2D eigenvalue weighted by Crippen LogP contribution is 2.28. The molecule has 292 valence electrons. The monoisotopic (exact) mass is 732 g/mol. The molecular formula is C44H64N2O7. The number of rotatable bonds is 12. The highest BCUT2D eigenvalue weighted by molar-refractivity contribution is 6.02. The summed E-state index contributed by atoms with van der Waals surface area (Å²) in [7, 11) is 0. The minimum absolute atomic E-state index is 0.00615. The molecule has 2 N–H and O–H groups in total. The summed E-state index contributed by atoms with van der Waals surface area (Å²) in [5.41, 5.74) is 3.99. The van der Waals surface area contributed by atoms with Gasteiger partial charge in [0.05, 0.1) is 12.8 Å². The quantitative estimate of drug-likeness (QED) is 0.164. The molecular weight excluding hydrogens is 668 g/mol. The fourth-order valence-corrected chi connectivity index (χ4v) is 6.20. The first-order valence-corrected chi connectivity index (χ1v) is 19.0. The van der Waals surface area contributed by atoms with Gasteiger partial charge in [-0.2, -0.15) is 0 Å². The van der Waals surface area contributed by atoms with E-state index in [9.17, 15) is 19.2 Å². The summed E-state index contributed by atoms with van der Waals surface area (Å²) in [4.78, 5) is 48.8. The molecule has 9 heteroatoms. The fraction of sp³-hybridized carbons (Fsp3) is 0.545. The Bertz CT molecular complexity index is 1520. The van der Waals surface area contributed by atoms with Crippen LogP contribution in [0.3, 0.4) is 0 Å². The van der Waals surface area contributed by atoms with Crippen LogP contribution in [-0.2, 0) is 41.5 Å². The molecule has 2 aliphatic rings. The number of fused-ring (bicyclic) bond motifs is 2. The summed E-state index contributed by atoms with van der Waals surface area (Å²) in [6.45, 7) is 21.2. The van der Waals surface area contributed by atoms with E-state index in [4.69, 9.17) is 14.6 Å². The zero-order chi connectivity index (χ0) is 39.8. The van der Waals surface area contributed by atoms with Crippen molar-refractivity contribution in [1.82, 2.24) is 0 Å². The first kappa shape index (κ1) is 44.8. The lowest BCUT2D eigenvalue weighted by atomic mass is 9.93. The Labute approximate surface area is 318 Å². The van der Waals surface area contributed by atoms with Crippen molar-refractivity contribution in [2.45, 2.75) is 119 Å². The number of carboxylic acids is 1. The summed E-state index contributed by atoms with van der Waals surface area (Å²) in [6.07, 6.45) is 10.4. The number of aliphatic carboxylic acids is 1. The Morgan fingerprint density at radius 1 is 0.736 bits per heavy atom. The van der Waals surface area contributed by atoms with Crippen molar-refractivity contribution in [3.8, 4) is 0 Å². The van der Waals surface area contributed by atoms with Gasteiger partial charge in [0, 0.05) is 30.5 Å². The third-order valence-electron chi connectivity index (χ3n) is 8.15. The Kier molecular flexibility index (Phi) is 18.0. The van der Waals surface area contributed by atoms with Crippen molar-refractivity contribution in [2.24, 2.45) is 23.7 Å². The zero-order valence-electron chi connectivity index (χ0n) is 33.7. The molecule has 0 bridgehead atoms. The van der Waals surface area contributed by atoms with Crippen LogP contribution < -0.4 is 10.2 Å². The zero-order valence-corrected chi connectivity index (χ0v) is 33.7. The number of para-hydroxylation sites is 2. The largest absolute Gasteiger partial charge is 0.478 e. The first-order valence-electron chi connectivity index (χ1n) is 19.0. The molecule has 0 aliphatic carbocycles. The molecule has 4 rings (SSSR count). The number of hydrogen-bond acceptors (Lipinski definition) is 7. The molecule has 0 saturated carbocycles. The number of carbonyl (C=O) groups is 4. The summed E-state index contributed by atoms with van der Waals surface area (Å²) >= 11 is 0. The molecule has 9 nitrogen and oxygen atoms in total. The number of nitrogens with one attached hydrogen (secondary N) is 1. The van der Waals surface area contributed by atoms with E-state index in [1.165, 1.54) is 23.2 Å². The van der Waals surface area contributed by atoms with E-state index in [0.29, 0.717) is 24.8 Å². The van der Waals surface area contributed by atoms with Crippen LogP contribution in [0, 0.1) is 23.7 Å². The molecule has 2 heterocycles. The van der Waals surface area contributed by atoms with Crippen LogP contribution in [0.15, 0.2) is 72.8 Å². The average Bonchev–Trinajstić information content (AvgIpc) is 3.68. The smallest absolute Gasteiger partial charge is 0.327 e. The number of ether oxygens (including phenoxy) is 2. The van der Waals surface area contributed by atoms with Gasteiger partial charge in [0.25, 0.3) is 5.91 Å². The lowest BCUT2D eigenvalue weighted by Crippen LogP contribution is -2.27. The van der Waals surface area contributed by atoms with Crippen LogP contribution >= 0.6 is 0 Å². The Hall–Kier alpha value is -4.40. The molecule has 0 unspecified atom stereocenters. The van der Waals surface area contributed by atoms with Gasteiger partial charge >= 0.3 is 17.9 Å². The SMILES string of the molecule is CC(C)C[C@@H](/C=C/C(=O)N1CCc2ccccc21)CC(=O)OC(C)(C)C.CC(C)C[C@@H](/C=C/C(=O)O)CC(=O)OC(C)(C)C.c1ccc2c(c1)CCN2. The highest BCUT2D eigenvalue weighted by atomic mass is 16.6. The number of carbonyl (C=O) groups excluding carboxylic acids is 3. The van der Waals surface area contributed by atoms with Crippen LogP contribution in [0.4, 0.5) is 11.4 Å². The molecule has 0 spiro atoms. The van der Waals surface area contributed by atoms with E-state index in [1.807, 2.05) is 84.6 Å². The van der Waals surface area contributed by atoms with E-state index >= 15 is 0 Å². The van der Waals surface area contributed by atoms with E-state index in [0.717, 1.165) is 37.6 Å². The van der Waals surface area contributed by atoms with Crippen molar-refractivity contribution in [1.29, 1.82) is 0 Å². The molecule has 0 aromatic heterocycles. The predicted octanol–water partition coefficient (Wildman–Crippen LogP) is 9.20. The molecule has 0 radical (unpaired) electrons. The summed E-state index contributed by atoms with van der Waals surface area (Å²) in [6, 6.07) is 16.5. The third-order valence-corrected chi connectivity index (χ3v) is 8.15. The maximum absolute atomic E-state index is 12.6. The Morgan fingerprint density at radius 2 is 1.23 bits per heavy atom. The lowest BCUT2D eigenvalue weighted by Gasteiger charge is -2.22. The van der Waals surface area contributed by atoms with Crippen LogP contribution in [0.2, 0.25) is 0 Å². The van der Waals surface area contributed by atoms with Crippen LogP contribution in [-0.4, -0.2) is 53.2 Å². The Morgan fingerprint density at radius 3 is 1.72 bits per heavy atom. The van der Waals surface area contributed by atoms with Crippen molar-refractivity contribution in [3.05, 3.63) is 84.0 Å². The number of nitrogens with zero attached hydrogens (tertiary/aromatic N) is 1. The lowest BCUT2D eigenvalue weighted by molar-refractivity contribution is -0.156. The van der Waals surface area contributed by atoms with Gasteiger partial charge in [0.15, 0.2) is 0 Å². The second-order valence-electron chi connectivity index (χ2n) is 16.6. The molecule has 2 aromatic rings. The number of amides is 1. The number of hydrogen-bond donors (Lipinski definition) is 2. The molecule has 0 fully saturated rings. The second kappa shape index (κ2) is 21.3. The highest BCUT2D eigenvalue weighted by Gasteiger charge is 2.24. The van der Waals surface area contributed by atoms with Crippen molar-refractivity contribution in [2.75, 3.05) is 23.3 Å². The summed E-state index contributed by atoms with van der Waals surface area (Å²) in [5, 5.41) is 11.9. The Balaban J connectivity index is 0.000000308. The normalized spacial score (nSPS) is 14.8. The second-order valence-corrected chi connectivity index (χ2v) is 16.6. The average molecular weight is 733 g/mol. The van der Waals surface area contributed by atoms with Gasteiger partial charge in [0.1, 0.15) is 11.2 Å². The van der Waals surface area contributed by atoms with Gasteiger partial charge in [0.2, 0.25) is 0 Å². The van der Waals surface area contributed by atoms with Gasteiger partial charge in [-0.25, -0.2) is 4.79 Å². The number of carboxylic acid groups (broad SMARTS) is 1. The molecule has 2 atom stereocenters.